The molecule has 1 aromatic heterocycles. The number of benzene rings is 2. The third-order valence-electron chi connectivity index (χ3n) is 5.90. The lowest BCUT2D eigenvalue weighted by molar-refractivity contribution is -0.139. The van der Waals surface area contributed by atoms with Crippen molar-refractivity contribution in [3.05, 3.63) is 82.1 Å². The van der Waals surface area contributed by atoms with E-state index in [0.717, 1.165) is 5.56 Å². The number of carbonyl (C=O) groups is 2. The maximum absolute atomic E-state index is 13.9. The maximum atomic E-state index is 13.9. The van der Waals surface area contributed by atoms with Crippen molar-refractivity contribution in [3.63, 3.8) is 0 Å². The van der Waals surface area contributed by atoms with Crippen molar-refractivity contribution < 1.29 is 28.5 Å². The molecule has 0 spiro atoms. The topological polar surface area (TPSA) is 105 Å². The molecule has 0 bridgehead atoms. The Bertz CT molecular complexity index is 1650. The number of halogens is 1. The lowest BCUT2D eigenvalue weighted by Gasteiger charge is -2.24. The summed E-state index contributed by atoms with van der Waals surface area (Å²) in [5, 5.41) is 0. The molecule has 1 atom stereocenters. The van der Waals surface area contributed by atoms with E-state index in [1.54, 1.807) is 32.1 Å². The maximum Gasteiger partial charge on any atom is 0.338 e. The fraction of sp³-hybridized carbons (Fsp3) is 0.310. The predicted octanol–water partition coefficient (Wildman–Crippen LogP) is 4.13. The van der Waals surface area contributed by atoms with Crippen LogP contribution in [-0.2, 0) is 14.3 Å². The highest BCUT2D eigenvalue weighted by Crippen LogP contribution is 2.35. The van der Waals surface area contributed by atoms with E-state index in [9.17, 15) is 14.4 Å². The van der Waals surface area contributed by atoms with Crippen LogP contribution in [0.15, 0.2) is 57.5 Å². The summed E-state index contributed by atoms with van der Waals surface area (Å²) in [6.07, 6.45) is 1.74. The van der Waals surface area contributed by atoms with E-state index in [0.29, 0.717) is 60.2 Å². The quantitative estimate of drug-likeness (QED) is 0.191. The molecule has 0 aliphatic carbocycles. The summed E-state index contributed by atoms with van der Waals surface area (Å²) >= 11 is 3.29. The summed E-state index contributed by atoms with van der Waals surface area (Å²) in [4.78, 5) is 43.7. The first-order valence-corrected chi connectivity index (χ1v) is 14.6. The number of hydrogen-bond acceptors (Lipinski definition) is 9. The summed E-state index contributed by atoms with van der Waals surface area (Å²) in [5.74, 6) is 0.444. The minimum atomic E-state index is -0.724. The van der Waals surface area contributed by atoms with E-state index in [4.69, 9.17) is 18.9 Å². The van der Waals surface area contributed by atoms with Gasteiger partial charge in [-0.05, 0) is 91.8 Å². The van der Waals surface area contributed by atoms with Crippen molar-refractivity contribution in [2.75, 3.05) is 19.8 Å². The largest absolute Gasteiger partial charge is 0.494 e. The van der Waals surface area contributed by atoms with Crippen molar-refractivity contribution in [1.29, 1.82) is 0 Å². The lowest BCUT2D eigenvalue weighted by atomic mass is 9.96. The molecule has 0 amide bonds. The van der Waals surface area contributed by atoms with Gasteiger partial charge in [-0.3, -0.25) is 14.2 Å². The van der Waals surface area contributed by atoms with Gasteiger partial charge in [-0.25, -0.2) is 9.79 Å². The van der Waals surface area contributed by atoms with Crippen LogP contribution in [0.5, 0.6) is 17.2 Å². The van der Waals surface area contributed by atoms with Gasteiger partial charge in [0.2, 0.25) is 0 Å². The van der Waals surface area contributed by atoms with Gasteiger partial charge in [0.25, 0.3) is 5.56 Å². The molecule has 210 valence electrons. The zero-order valence-electron chi connectivity index (χ0n) is 22.8. The van der Waals surface area contributed by atoms with Crippen molar-refractivity contribution >= 4 is 51.9 Å². The smallest absolute Gasteiger partial charge is 0.338 e. The molecule has 2 aromatic carbocycles. The van der Waals surface area contributed by atoms with Gasteiger partial charge >= 0.3 is 11.9 Å². The zero-order valence-corrected chi connectivity index (χ0v) is 25.8. The third kappa shape index (κ3) is 6.15. The van der Waals surface area contributed by atoms with E-state index in [2.05, 4.69) is 27.6 Å². The molecule has 11 heteroatoms. The van der Waals surface area contributed by atoms with Crippen LogP contribution in [0.2, 0.25) is 0 Å². The number of fused-ring (bicyclic) bond motifs is 1. The monoisotopic (exact) mass is 676 g/mol. The molecular formula is C29H29IN2O7S. The Morgan fingerprint density at radius 2 is 1.77 bits per heavy atom. The molecule has 9 nitrogen and oxygen atoms in total. The second-order valence-electron chi connectivity index (χ2n) is 8.66. The highest BCUT2D eigenvalue weighted by Gasteiger charge is 2.33. The molecule has 1 aliphatic rings. The number of carbonyl (C=O) groups excluding carboxylic acids is 2. The SMILES string of the molecule is CCOC(=O)C1=C(C)N=c2s/c(=C\c3cc(I)c(OC(C)=O)c(OCC)c3)c(=O)n2[C@H]1c1ccc(OCC)cc1. The number of nitrogens with zero attached hydrogens (tertiary/aromatic N) is 2. The van der Waals surface area contributed by atoms with Gasteiger partial charge in [0, 0.05) is 6.92 Å². The van der Waals surface area contributed by atoms with Gasteiger partial charge in [-0.2, -0.15) is 0 Å². The van der Waals surface area contributed by atoms with Crippen LogP contribution in [0.25, 0.3) is 6.08 Å². The number of esters is 2. The first kappa shape index (κ1) is 29.5. The highest BCUT2D eigenvalue weighted by molar-refractivity contribution is 14.1. The van der Waals surface area contributed by atoms with Crippen LogP contribution in [0.4, 0.5) is 0 Å². The predicted molar refractivity (Wildman–Crippen MR) is 160 cm³/mol. The van der Waals surface area contributed by atoms with Crippen LogP contribution in [0, 0.1) is 3.57 Å². The first-order chi connectivity index (χ1) is 19.2. The molecule has 0 saturated carbocycles. The van der Waals surface area contributed by atoms with E-state index >= 15 is 0 Å². The number of ether oxygens (including phenoxy) is 4. The summed E-state index contributed by atoms with van der Waals surface area (Å²) < 4.78 is 24.6. The van der Waals surface area contributed by atoms with Crippen LogP contribution >= 0.6 is 33.9 Å². The van der Waals surface area contributed by atoms with Gasteiger partial charge in [0.1, 0.15) is 5.75 Å². The Hall–Kier alpha value is -3.45. The second-order valence-corrected chi connectivity index (χ2v) is 10.8. The average molecular weight is 677 g/mol. The van der Waals surface area contributed by atoms with Crippen LogP contribution in [-0.4, -0.2) is 36.3 Å². The Morgan fingerprint density at radius 3 is 2.40 bits per heavy atom. The van der Waals surface area contributed by atoms with Crippen LogP contribution in [0.3, 0.4) is 0 Å². The van der Waals surface area contributed by atoms with Crippen molar-refractivity contribution in [2.24, 2.45) is 4.99 Å². The van der Waals surface area contributed by atoms with E-state index < -0.39 is 18.0 Å². The molecule has 40 heavy (non-hydrogen) atoms. The van der Waals surface area contributed by atoms with Crippen LogP contribution < -0.4 is 29.1 Å². The fourth-order valence-corrected chi connectivity index (χ4v) is 6.13. The van der Waals surface area contributed by atoms with E-state index in [1.807, 2.05) is 38.1 Å². The van der Waals surface area contributed by atoms with E-state index in [-0.39, 0.29) is 12.2 Å². The fourth-order valence-electron chi connectivity index (χ4n) is 4.35. The Balaban J connectivity index is 1.89. The Kier molecular flexibility index (Phi) is 9.46. The van der Waals surface area contributed by atoms with Gasteiger partial charge in [0.05, 0.1) is 45.2 Å². The van der Waals surface area contributed by atoms with E-state index in [1.165, 1.54) is 22.8 Å². The molecule has 1 aliphatic heterocycles. The number of hydrogen-bond donors (Lipinski definition) is 0. The minimum Gasteiger partial charge on any atom is -0.494 e. The summed E-state index contributed by atoms with van der Waals surface area (Å²) in [6, 6.07) is 10.1. The minimum absolute atomic E-state index is 0.195. The molecule has 2 heterocycles. The summed E-state index contributed by atoms with van der Waals surface area (Å²) in [7, 11) is 0. The molecular weight excluding hydrogens is 647 g/mol. The molecule has 4 rings (SSSR count). The lowest BCUT2D eigenvalue weighted by Crippen LogP contribution is -2.39. The van der Waals surface area contributed by atoms with Crippen molar-refractivity contribution in [3.8, 4) is 17.2 Å². The standard InChI is InChI=1S/C29H29IN2O7S/c1-6-36-20-11-9-19(10-12-20)25-24(28(35)38-8-3)16(4)31-29-32(25)27(34)23(40-29)15-18-13-21(30)26(39-17(5)33)22(14-18)37-7-2/h9-15,25H,6-8H2,1-5H3/b23-15-/t25-/m0/s1. The first-order valence-electron chi connectivity index (χ1n) is 12.8. The van der Waals surface area contributed by atoms with Gasteiger partial charge < -0.3 is 18.9 Å². The Morgan fingerprint density at radius 1 is 1.07 bits per heavy atom. The molecule has 0 unspecified atom stereocenters. The van der Waals surface area contributed by atoms with Crippen LogP contribution in [0.1, 0.15) is 51.8 Å². The number of allylic oxidation sites excluding steroid dienone is 1. The molecule has 3 aromatic rings. The van der Waals surface area contributed by atoms with Crippen molar-refractivity contribution in [2.45, 2.75) is 40.7 Å². The molecule has 0 radical (unpaired) electrons. The van der Waals surface area contributed by atoms with Gasteiger partial charge in [-0.1, -0.05) is 23.5 Å². The average Bonchev–Trinajstić information content (AvgIpc) is 3.20. The second kappa shape index (κ2) is 12.8. The molecule has 0 saturated heterocycles. The number of thiazole rings is 1. The third-order valence-corrected chi connectivity index (χ3v) is 7.68. The normalized spacial score (nSPS) is 14.8. The zero-order chi connectivity index (χ0) is 29.0. The van der Waals surface area contributed by atoms with Gasteiger partial charge in [-0.15, -0.1) is 0 Å². The summed E-state index contributed by atoms with van der Waals surface area (Å²) in [6.45, 7) is 9.63. The van der Waals surface area contributed by atoms with Crippen molar-refractivity contribution in [1.82, 2.24) is 4.57 Å². The summed E-state index contributed by atoms with van der Waals surface area (Å²) in [5.41, 5.74) is 1.92. The molecule has 0 N–H and O–H groups in total. The Labute approximate surface area is 248 Å². The number of aromatic nitrogens is 1. The highest BCUT2D eigenvalue weighted by atomic mass is 127. The molecule has 0 fully saturated rings. The van der Waals surface area contributed by atoms with Gasteiger partial charge in [0.15, 0.2) is 16.3 Å². The number of rotatable bonds is 9.